The number of benzene rings is 2. The van der Waals surface area contributed by atoms with E-state index in [2.05, 4.69) is 40.9 Å². The van der Waals surface area contributed by atoms with Gasteiger partial charge < -0.3 is 4.74 Å². The van der Waals surface area contributed by atoms with Gasteiger partial charge in [0.2, 0.25) is 0 Å². The second kappa shape index (κ2) is 5.99. The molecule has 0 aliphatic heterocycles. The van der Waals surface area contributed by atoms with Gasteiger partial charge in [0.05, 0.1) is 22.5 Å². The zero-order valence-corrected chi connectivity index (χ0v) is 13.7. The van der Waals surface area contributed by atoms with Gasteiger partial charge in [-0.1, -0.05) is 35.6 Å². The lowest BCUT2D eigenvalue weighted by atomic mass is 10.1. The minimum atomic E-state index is 0. The molecule has 0 unspecified atom stereocenters. The quantitative estimate of drug-likeness (QED) is 0.526. The normalized spacial score (nSPS) is 10.8. The van der Waals surface area contributed by atoms with E-state index in [1.165, 1.54) is 10.2 Å². The number of fused-ring (bicyclic) bond motifs is 3. The first kappa shape index (κ1) is 14.9. The van der Waals surface area contributed by atoms with Crippen LogP contribution in [-0.4, -0.2) is 16.0 Å². The van der Waals surface area contributed by atoms with Gasteiger partial charge in [0.15, 0.2) is 4.96 Å². The van der Waals surface area contributed by atoms with Crippen LogP contribution in [0.25, 0.3) is 26.4 Å². The molecule has 0 aliphatic rings. The van der Waals surface area contributed by atoms with Gasteiger partial charge in [0.25, 0.3) is 0 Å². The number of aromatic nitrogens is 2. The van der Waals surface area contributed by atoms with Gasteiger partial charge in [-0.3, -0.25) is 4.40 Å². The molecule has 0 amide bonds. The van der Waals surface area contributed by atoms with Gasteiger partial charge in [-0.25, -0.2) is 4.98 Å². The molecule has 0 saturated carbocycles. The Kier molecular flexibility index (Phi) is 4.05. The van der Waals surface area contributed by atoms with Crippen molar-refractivity contribution < 1.29 is 4.74 Å². The Bertz CT molecular complexity index is 929. The highest BCUT2D eigenvalue weighted by Crippen LogP contribution is 2.30. The first-order valence-electron chi connectivity index (χ1n) is 6.95. The second-order valence-corrected chi connectivity index (χ2v) is 5.82. The molecule has 112 valence electrons. The number of halogens is 1. The molecule has 0 saturated heterocycles. The van der Waals surface area contributed by atoms with Crippen molar-refractivity contribution in [3.05, 3.63) is 54.7 Å². The molecule has 0 bridgehead atoms. The Morgan fingerprint density at radius 3 is 2.86 bits per heavy atom. The zero-order valence-electron chi connectivity index (χ0n) is 12.0. The number of hydrogen-bond donors (Lipinski definition) is 0. The van der Waals surface area contributed by atoms with Crippen LogP contribution >= 0.6 is 23.7 Å². The van der Waals surface area contributed by atoms with Crippen molar-refractivity contribution in [2.75, 3.05) is 6.61 Å². The van der Waals surface area contributed by atoms with Crippen molar-refractivity contribution >= 4 is 38.9 Å². The lowest BCUT2D eigenvalue weighted by molar-refractivity contribution is 0.340. The first-order chi connectivity index (χ1) is 10.3. The Labute approximate surface area is 138 Å². The first-order valence-corrected chi connectivity index (χ1v) is 7.76. The molecule has 22 heavy (non-hydrogen) atoms. The maximum absolute atomic E-state index is 5.56. The van der Waals surface area contributed by atoms with Crippen LogP contribution in [0, 0.1) is 0 Å². The summed E-state index contributed by atoms with van der Waals surface area (Å²) >= 11 is 1.71. The monoisotopic (exact) mass is 330 g/mol. The predicted octanol–water partition coefficient (Wildman–Crippen LogP) is 5.04. The maximum Gasteiger partial charge on any atom is 0.195 e. The summed E-state index contributed by atoms with van der Waals surface area (Å²) in [6, 6.07) is 16.5. The summed E-state index contributed by atoms with van der Waals surface area (Å²) in [7, 11) is 0. The zero-order chi connectivity index (χ0) is 14.2. The highest BCUT2D eigenvalue weighted by atomic mass is 35.5. The van der Waals surface area contributed by atoms with Crippen LogP contribution in [0.3, 0.4) is 0 Å². The average Bonchev–Trinajstić information content (AvgIpc) is 3.05. The van der Waals surface area contributed by atoms with Crippen LogP contribution in [0.4, 0.5) is 0 Å². The molecule has 3 nitrogen and oxygen atoms in total. The summed E-state index contributed by atoms with van der Waals surface area (Å²) in [6.45, 7) is 2.66. The van der Waals surface area contributed by atoms with Crippen LogP contribution in [0.2, 0.25) is 0 Å². The molecule has 2 aromatic carbocycles. The number of imidazole rings is 1. The van der Waals surface area contributed by atoms with E-state index in [1.807, 2.05) is 25.1 Å². The average molecular weight is 331 g/mol. The van der Waals surface area contributed by atoms with Gasteiger partial charge in [-0.05, 0) is 31.2 Å². The van der Waals surface area contributed by atoms with E-state index in [9.17, 15) is 0 Å². The summed E-state index contributed by atoms with van der Waals surface area (Å²) in [5.41, 5.74) is 3.27. The summed E-state index contributed by atoms with van der Waals surface area (Å²) in [5, 5.41) is 0. The summed E-state index contributed by atoms with van der Waals surface area (Å²) < 4.78 is 8.98. The van der Waals surface area contributed by atoms with Crippen LogP contribution in [-0.2, 0) is 0 Å². The molecular weight excluding hydrogens is 316 g/mol. The molecule has 5 heteroatoms. The fraction of sp³-hybridized carbons (Fsp3) is 0.118. The molecule has 0 atom stereocenters. The lowest BCUT2D eigenvalue weighted by Gasteiger charge is -2.03. The molecule has 4 rings (SSSR count). The van der Waals surface area contributed by atoms with Gasteiger partial charge >= 0.3 is 0 Å². The van der Waals surface area contributed by atoms with Crippen molar-refractivity contribution in [3.63, 3.8) is 0 Å². The Morgan fingerprint density at radius 1 is 1.14 bits per heavy atom. The minimum Gasteiger partial charge on any atom is -0.494 e. The van der Waals surface area contributed by atoms with E-state index in [0.29, 0.717) is 6.61 Å². The van der Waals surface area contributed by atoms with E-state index >= 15 is 0 Å². The fourth-order valence-corrected chi connectivity index (χ4v) is 3.51. The SMILES string of the molecule is CCOc1cccc(-c2cn3c(n2)sc2ccccc23)c1.Cl. The summed E-state index contributed by atoms with van der Waals surface area (Å²) in [4.78, 5) is 5.77. The standard InChI is InChI=1S/C17H14N2OS.ClH/c1-2-20-13-7-5-6-12(10-13)14-11-19-15-8-3-4-9-16(15)21-17(19)18-14;/h3-11H,2H2,1H3;1H. The van der Waals surface area contributed by atoms with Crippen molar-refractivity contribution in [2.45, 2.75) is 6.92 Å². The van der Waals surface area contributed by atoms with Crippen molar-refractivity contribution in [1.82, 2.24) is 9.38 Å². The maximum atomic E-state index is 5.56. The smallest absolute Gasteiger partial charge is 0.195 e. The summed E-state index contributed by atoms with van der Waals surface area (Å²) in [5.74, 6) is 0.885. The minimum absolute atomic E-state index is 0. The topological polar surface area (TPSA) is 26.5 Å². The van der Waals surface area contributed by atoms with Crippen LogP contribution < -0.4 is 4.74 Å². The number of thiazole rings is 1. The highest BCUT2D eigenvalue weighted by Gasteiger charge is 2.10. The third kappa shape index (κ3) is 2.45. The van der Waals surface area contributed by atoms with E-state index in [-0.39, 0.29) is 12.4 Å². The van der Waals surface area contributed by atoms with E-state index in [4.69, 9.17) is 9.72 Å². The van der Waals surface area contributed by atoms with E-state index < -0.39 is 0 Å². The molecular formula is C17H15ClN2OS. The second-order valence-electron chi connectivity index (χ2n) is 4.81. The third-order valence-electron chi connectivity index (χ3n) is 3.44. The number of nitrogens with zero attached hydrogens (tertiary/aromatic N) is 2. The van der Waals surface area contributed by atoms with E-state index in [0.717, 1.165) is 22.0 Å². The van der Waals surface area contributed by atoms with Crippen LogP contribution in [0.15, 0.2) is 54.7 Å². The number of para-hydroxylation sites is 1. The lowest BCUT2D eigenvalue weighted by Crippen LogP contribution is -1.91. The number of ether oxygens (including phenoxy) is 1. The van der Waals surface area contributed by atoms with Gasteiger partial charge in [0, 0.05) is 11.8 Å². The largest absolute Gasteiger partial charge is 0.494 e. The van der Waals surface area contributed by atoms with Crippen molar-refractivity contribution in [1.29, 1.82) is 0 Å². The van der Waals surface area contributed by atoms with Crippen molar-refractivity contribution in [2.24, 2.45) is 0 Å². The van der Waals surface area contributed by atoms with Crippen LogP contribution in [0.1, 0.15) is 6.92 Å². The van der Waals surface area contributed by atoms with E-state index in [1.54, 1.807) is 11.3 Å². The number of rotatable bonds is 3. The Hall–Kier alpha value is -2.04. The van der Waals surface area contributed by atoms with Gasteiger partial charge in [0.1, 0.15) is 5.75 Å². The predicted molar refractivity (Wildman–Crippen MR) is 94.4 cm³/mol. The molecule has 0 aliphatic carbocycles. The molecule has 2 heterocycles. The highest BCUT2D eigenvalue weighted by molar-refractivity contribution is 7.23. The molecule has 0 spiro atoms. The molecule has 4 aromatic rings. The molecule has 2 aromatic heterocycles. The fourth-order valence-electron chi connectivity index (χ4n) is 2.50. The molecule has 0 fully saturated rings. The molecule has 0 radical (unpaired) electrons. The van der Waals surface area contributed by atoms with Gasteiger partial charge in [-0.15, -0.1) is 12.4 Å². The van der Waals surface area contributed by atoms with Crippen LogP contribution in [0.5, 0.6) is 5.75 Å². The van der Waals surface area contributed by atoms with Crippen molar-refractivity contribution in [3.8, 4) is 17.0 Å². The third-order valence-corrected chi connectivity index (χ3v) is 4.48. The number of hydrogen-bond acceptors (Lipinski definition) is 3. The Morgan fingerprint density at radius 2 is 2.00 bits per heavy atom. The molecule has 0 N–H and O–H groups in total. The Balaban J connectivity index is 0.00000144. The summed E-state index contributed by atoms with van der Waals surface area (Å²) in [6.07, 6.45) is 2.10. The van der Waals surface area contributed by atoms with Gasteiger partial charge in [-0.2, -0.15) is 0 Å².